The zero-order chi connectivity index (χ0) is 10.3. The molecule has 6 nitrogen and oxygen atoms in total. The lowest BCUT2D eigenvalue weighted by molar-refractivity contribution is -0.151. The van der Waals surface area contributed by atoms with E-state index in [9.17, 15) is 9.59 Å². The summed E-state index contributed by atoms with van der Waals surface area (Å²) in [5.74, 6) is -3.31. The van der Waals surface area contributed by atoms with Crippen molar-refractivity contribution >= 4 is 11.9 Å². The third-order valence-corrected chi connectivity index (χ3v) is 1.02. The first-order chi connectivity index (χ1) is 6.10. The largest absolute Gasteiger partial charge is 0.481 e. The van der Waals surface area contributed by atoms with Gasteiger partial charge in [-0.1, -0.05) is 0 Å². The average Bonchev–Trinajstić information content (AvgIpc) is 2.05. The quantitative estimate of drug-likeness (QED) is 0.470. The molecule has 0 aliphatic rings. The third-order valence-electron chi connectivity index (χ3n) is 1.02. The van der Waals surface area contributed by atoms with Crippen LogP contribution in [0.2, 0.25) is 0 Å². The minimum atomic E-state index is -1.31. The van der Waals surface area contributed by atoms with Gasteiger partial charge in [0.15, 0.2) is 5.92 Å². The summed E-state index contributed by atoms with van der Waals surface area (Å²) in [6.07, 6.45) is -0.760. The van der Waals surface area contributed by atoms with Crippen LogP contribution >= 0.6 is 0 Å². The van der Waals surface area contributed by atoms with Gasteiger partial charge in [-0.25, -0.2) is 0 Å². The van der Waals surface area contributed by atoms with E-state index in [0.717, 1.165) is 0 Å². The van der Waals surface area contributed by atoms with E-state index in [0.29, 0.717) is 0 Å². The van der Waals surface area contributed by atoms with Crippen molar-refractivity contribution in [2.75, 3.05) is 6.61 Å². The van der Waals surface area contributed by atoms with Gasteiger partial charge in [-0.2, -0.15) is 10.5 Å². The van der Waals surface area contributed by atoms with Gasteiger partial charge in [-0.15, -0.1) is 0 Å². The monoisotopic (exact) mass is 182 g/mol. The highest BCUT2D eigenvalue weighted by molar-refractivity contribution is 5.90. The Morgan fingerprint density at radius 1 is 1.38 bits per heavy atom. The van der Waals surface area contributed by atoms with Crippen LogP contribution in [0, 0.1) is 28.6 Å². The molecule has 0 aliphatic carbocycles. The standard InChI is InChI=1S/C7H6N2O4/c8-2-5(3-9)4-13-7(12)1-6(10)11/h5H,1,4H2,(H,10,11). The molecule has 0 spiro atoms. The first kappa shape index (κ1) is 10.9. The Morgan fingerprint density at radius 3 is 2.31 bits per heavy atom. The van der Waals surface area contributed by atoms with Crippen LogP contribution in [0.5, 0.6) is 0 Å². The van der Waals surface area contributed by atoms with Crippen LogP contribution in [-0.4, -0.2) is 23.7 Å². The SMILES string of the molecule is N#CC(C#N)COC(=O)CC(=O)O. The van der Waals surface area contributed by atoms with Gasteiger partial charge < -0.3 is 9.84 Å². The summed E-state index contributed by atoms with van der Waals surface area (Å²) in [4.78, 5) is 20.5. The van der Waals surface area contributed by atoms with Crippen LogP contribution in [0.1, 0.15) is 6.42 Å². The van der Waals surface area contributed by atoms with Crippen molar-refractivity contribution < 1.29 is 19.4 Å². The van der Waals surface area contributed by atoms with Gasteiger partial charge in [0, 0.05) is 0 Å². The number of hydrogen-bond donors (Lipinski definition) is 1. The van der Waals surface area contributed by atoms with E-state index in [1.165, 1.54) is 0 Å². The maximum atomic E-state index is 10.6. The fourth-order valence-corrected chi connectivity index (χ4v) is 0.454. The first-order valence-electron chi connectivity index (χ1n) is 3.26. The van der Waals surface area contributed by atoms with Gasteiger partial charge in [0.2, 0.25) is 0 Å². The molecule has 68 valence electrons. The molecular formula is C7H6N2O4. The molecule has 0 bridgehead atoms. The van der Waals surface area contributed by atoms with E-state index in [1.807, 2.05) is 0 Å². The second-order valence-corrected chi connectivity index (χ2v) is 2.06. The molecule has 0 saturated heterocycles. The van der Waals surface area contributed by atoms with Crippen molar-refractivity contribution in [2.24, 2.45) is 5.92 Å². The predicted octanol–water partition coefficient (Wildman–Crippen LogP) is -0.332. The molecule has 1 N–H and O–H groups in total. The van der Waals surface area contributed by atoms with E-state index < -0.39 is 24.3 Å². The zero-order valence-corrected chi connectivity index (χ0v) is 6.56. The molecule has 0 radical (unpaired) electrons. The van der Waals surface area contributed by atoms with Crippen molar-refractivity contribution in [3.63, 3.8) is 0 Å². The Balaban J connectivity index is 3.78. The lowest BCUT2D eigenvalue weighted by atomic mass is 10.2. The van der Waals surface area contributed by atoms with Gasteiger partial charge in [-0.3, -0.25) is 9.59 Å². The van der Waals surface area contributed by atoms with Crippen LogP contribution in [0.3, 0.4) is 0 Å². The molecule has 13 heavy (non-hydrogen) atoms. The minimum absolute atomic E-state index is 0.390. The summed E-state index contributed by atoms with van der Waals surface area (Å²) in [5, 5.41) is 24.6. The number of esters is 1. The molecule has 0 aromatic carbocycles. The fourth-order valence-electron chi connectivity index (χ4n) is 0.454. The van der Waals surface area contributed by atoms with Gasteiger partial charge in [-0.05, 0) is 0 Å². The van der Waals surface area contributed by atoms with E-state index in [1.54, 1.807) is 12.1 Å². The number of nitrogens with zero attached hydrogens (tertiary/aromatic N) is 2. The number of carbonyl (C=O) groups is 2. The van der Waals surface area contributed by atoms with Gasteiger partial charge in [0.1, 0.15) is 13.0 Å². The Hall–Kier alpha value is -2.08. The van der Waals surface area contributed by atoms with Crippen LogP contribution in [0.25, 0.3) is 0 Å². The highest BCUT2D eigenvalue weighted by Gasteiger charge is 2.12. The van der Waals surface area contributed by atoms with Crippen molar-refractivity contribution in [1.82, 2.24) is 0 Å². The number of carbonyl (C=O) groups excluding carboxylic acids is 1. The molecule has 0 atom stereocenters. The molecule has 0 fully saturated rings. The first-order valence-corrected chi connectivity index (χ1v) is 3.26. The molecular weight excluding hydrogens is 176 g/mol. The molecule has 0 aromatic rings. The summed E-state index contributed by atoms with van der Waals surface area (Å²) in [6, 6.07) is 3.15. The van der Waals surface area contributed by atoms with Crippen molar-refractivity contribution in [3.8, 4) is 12.1 Å². The van der Waals surface area contributed by atoms with Crippen LogP contribution in [0.4, 0.5) is 0 Å². The number of rotatable bonds is 4. The minimum Gasteiger partial charge on any atom is -0.481 e. The number of hydrogen-bond acceptors (Lipinski definition) is 5. The van der Waals surface area contributed by atoms with Crippen molar-refractivity contribution in [1.29, 1.82) is 10.5 Å². The molecule has 0 aromatic heterocycles. The molecule has 0 rings (SSSR count). The summed E-state index contributed by atoms with van der Waals surface area (Å²) in [7, 11) is 0. The lowest BCUT2D eigenvalue weighted by Crippen LogP contribution is -2.14. The van der Waals surface area contributed by atoms with Gasteiger partial charge >= 0.3 is 11.9 Å². The Bertz CT molecular complexity index is 272. The average molecular weight is 182 g/mol. The Morgan fingerprint density at radius 2 is 1.92 bits per heavy atom. The molecule has 6 heteroatoms. The number of aliphatic carboxylic acids is 1. The Kier molecular flexibility index (Phi) is 4.67. The molecule has 0 unspecified atom stereocenters. The smallest absolute Gasteiger partial charge is 0.317 e. The number of carboxylic acid groups (broad SMARTS) is 1. The van der Waals surface area contributed by atoms with Crippen LogP contribution in [-0.2, 0) is 14.3 Å². The number of ether oxygens (including phenoxy) is 1. The van der Waals surface area contributed by atoms with Crippen LogP contribution in [0.15, 0.2) is 0 Å². The van der Waals surface area contributed by atoms with E-state index in [-0.39, 0.29) is 6.61 Å². The molecule has 0 saturated carbocycles. The lowest BCUT2D eigenvalue weighted by Gasteiger charge is -2.01. The molecule has 0 amide bonds. The summed E-state index contributed by atoms with van der Waals surface area (Å²) >= 11 is 0. The number of nitriles is 2. The van der Waals surface area contributed by atoms with Gasteiger partial charge in [0.25, 0.3) is 0 Å². The van der Waals surface area contributed by atoms with Crippen molar-refractivity contribution in [3.05, 3.63) is 0 Å². The summed E-state index contributed by atoms with van der Waals surface area (Å²) in [5.41, 5.74) is 0. The normalized spacial score (nSPS) is 8.54. The van der Waals surface area contributed by atoms with Gasteiger partial charge in [0.05, 0.1) is 12.1 Å². The topological polar surface area (TPSA) is 111 Å². The maximum absolute atomic E-state index is 10.6. The summed E-state index contributed by atoms with van der Waals surface area (Å²) in [6.45, 7) is -0.390. The van der Waals surface area contributed by atoms with E-state index >= 15 is 0 Å². The van der Waals surface area contributed by atoms with E-state index in [2.05, 4.69) is 4.74 Å². The fraction of sp³-hybridized carbons (Fsp3) is 0.429. The predicted molar refractivity (Wildman–Crippen MR) is 37.9 cm³/mol. The highest BCUT2D eigenvalue weighted by Crippen LogP contribution is 1.95. The third kappa shape index (κ3) is 5.22. The second kappa shape index (κ2) is 5.56. The van der Waals surface area contributed by atoms with E-state index in [4.69, 9.17) is 15.6 Å². The van der Waals surface area contributed by atoms with Crippen molar-refractivity contribution in [2.45, 2.75) is 6.42 Å². The zero-order valence-electron chi connectivity index (χ0n) is 6.56. The second-order valence-electron chi connectivity index (χ2n) is 2.06. The molecule has 0 heterocycles. The summed E-state index contributed by atoms with van der Waals surface area (Å²) < 4.78 is 4.33. The molecule has 0 aliphatic heterocycles. The maximum Gasteiger partial charge on any atom is 0.317 e. The van der Waals surface area contributed by atoms with Crippen LogP contribution < -0.4 is 0 Å². The highest BCUT2D eigenvalue weighted by atomic mass is 16.5. The number of carboxylic acids is 1. The Labute approximate surface area is 73.9 Å².